The molecular weight excluding hydrogens is 444 g/mol. The van der Waals surface area contributed by atoms with E-state index in [1.807, 2.05) is 51.1 Å². The van der Waals surface area contributed by atoms with Gasteiger partial charge in [-0.2, -0.15) is 0 Å². The van der Waals surface area contributed by atoms with Gasteiger partial charge in [-0.3, -0.25) is 9.36 Å². The Balaban J connectivity index is 1.65. The molecule has 3 heterocycles. The number of methoxy groups -OCH3 is 1. The predicted octanol–water partition coefficient (Wildman–Crippen LogP) is 4.38. The average molecular weight is 471 g/mol. The first kappa shape index (κ1) is 22.9. The van der Waals surface area contributed by atoms with Gasteiger partial charge in [0.25, 0.3) is 5.91 Å². The van der Waals surface area contributed by atoms with Crippen LogP contribution >= 0.6 is 11.6 Å². The summed E-state index contributed by atoms with van der Waals surface area (Å²) in [6, 6.07) is 11.3. The number of aromatic nitrogens is 2. The number of ether oxygens (including phenoxy) is 2. The SMILES string of the molecule is COc1cnc2c(c1)c(C(=O)N1CCN(C(=O)OC(C)(C)C)CC1)c(Cl)n2-c1ccccc1. The molecule has 1 aliphatic heterocycles. The fourth-order valence-electron chi connectivity index (χ4n) is 3.82. The molecule has 0 unspecified atom stereocenters. The van der Waals surface area contributed by atoms with Gasteiger partial charge in [-0.1, -0.05) is 29.8 Å². The number of rotatable bonds is 3. The Kier molecular flexibility index (Phi) is 6.21. The summed E-state index contributed by atoms with van der Waals surface area (Å²) in [4.78, 5) is 33.8. The van der Waals surface area contributed by atoms with Crippen LogP contribution in [0.25, 0.3) is 16.7 Å². The molecule has 3 aromatic rings. The van der Waals surface area contributed by atoms with Gasteiger partial charge >= 0.3 is 6.09 Å². The van der Waals surface area contributed by atoms with E-state index in [0.29, 0.717) is 48.5 Å². The molecule has 0 N–H and O–H groups in total. The van der Waals surface area contributed by atoms with Gasteiger partial charge in [0, 0.05) is 37.3 Å². The van der Waals surface area contributed by atoms with Crippen LogP contribution < -0.4 is 4.74 Å². The molecule has 0 bridgehead atoms. The minimum atomic E-state index is -0.567. The number of fused-ring (bicyclic) bond motifs is 1. The standard InChI is InChI=1S/C24H27ClN4O4/c1-24(2,3)33-23(31)28-12-10-27(11-13-28)22(30)19-18-14-17(32-4)15-26-21(18)29(20(19)25)16-8-6-5-7-9-16/h5-9,14-15H,10-13H2,1-4H3. The maximum absolute atomic E-state index is 13.6. The Morgan fingerprint density at radius 2 is 1.67 bits per heavy atom. The third kappa shape index (κ3) is 4.61. The molecule has 0 aliphatic carbocycles. The maximum Gasteiger partial charge on any atom is 0.410 e. The van der Waals surface area contributed by atoms with E-state index >= 15 is 0 Å². The van der Waals surface area contributed by atoms with E-state index < -0.39 is 5.60 Å². The second kappa shape index (κ2) is 8.94. The molecular formula is C24H27ClN4O4. The molecule has 33 heavy (non-hydrogen) atoms. The monoisotopic (exact) mass is 470 g/mol. The number of piperazine rings is 1. The van der Waals surface area contributed by atoms with Crippen molar-refractivity contribution in [3.63, 3.8) is 0 Å². The topological polar surface area (TPSA) is 76.9 Å². The lowest BCUT2D eigenvalue weighted by Crippen LogP contribution is -2.51. The van der Waals surface area contributed by atoms with Crippen LogP contribution in [0.5, 0.6) is 5.75 Å². The van der Waals surface area contributed by atoms with E-state index in [4.69, 9.17) is 21.1 Å². The van der Waals surface area contributed by atoms with E-state index in [0.717, 1.165) is 5.69 Å². The largest absolute Gasteiger partial charge is 0.495 e. The zero-order chi connectivity index (χ0) is 23.8. The summed E-state index contributed by atoms with van der Waals surface area (Å²) in [7, 11) is 1.55. The maximum atomic E-state index is 13.6. The molecule has 174 valence electrons. The van der Waals surface area contributed by atoms with Gasteiger partial charge in [0.2, 0.25) is 0 Å². The van der Waals surface area contributed by atoms with Crippen LogP contribution in [0.1, 0.15) is 31.1 Å². The minimum absolute atomic E-state index is 0.210. The predicted molar refractivity (Wildman–Crippen MR) is 126 cm³/mol. The van der Waals surface area contributed by atoms with Crippen molar-refractivity contribution in [3.05, 3.63) is 53.3 Å². The van der Waals surface area contributed by atoms with Crippen molar-refractivity contribution in [1.29, 1.82) is 0 Å². The Morgan fingerprint density at radius 1 is 1.03 bits per heavy atom. The Hall–Kier alpha value is -3.26. The quantitative estimate of drug-likeness (QED) is 0.567. The van der Waals surface area contributed by atoms with Gasteiger partial charge in [0.1, 0.15) is 22.2 Å². The number of carbonyl (C=O) groups excluding carboxylic acids is 2. The molecule has 4 rings (SSSR count). The number of halogens is 1. The number of benzene rings is 1. The van der Waals surface area contributed by atoms with Crippen molar-refractivity contribution in [2.75, 3.05) is 33.3 Å². The Bertz CT molecular complexity index is 1180. The van der Waals surface area contributed by atoms with Crippen molar-refractivity contribution in [1.82, 2.24) is 19.4 Å². The Morgan fingerprint density at radius 3 is 2.27 bits per heavy atom. The van der Waals surface area contributed by atoms with Gasteiger partial charge in [-0.15, -0.1) is 0 Å². The third-order valence-corrected chi connectivity index (χ3v) is 5.77. The zero-order valence-electron chi connectivity index (χ0n) is 19.2. The number of amides is 2. The van der Waals surface area contributed by atoms with Crippen LogP contribution in [0.4, 0.5) is 4.79 Å². The van der Waals surface area contributed by atoms with Crippen LogP contribution in [0, 0.1) is 0 Å². The molecule has 2 aromatic heterocycles. The molecule has 0 atom stereocenters. The normalized spacial score (nSPS) is 14.5. The van der Waals surface area contributed by atoms with Gasteiger partial charge in [0.15, 0.2) is 0 Å². The fraction of sp³-hybridized carbons (Fsp3) is 0.375. The van der Waals surface area contributed by atoms with Crippen molar-refractivity contribution in [3.8, 4) is 11.4 Å². The molecule has 1 aliphatic rings. The summed E-state index contributed by atoms with van der Waals surface area (Å²) in [5.74, 6) is 0.326. The second-order valence-electron chi connectivity index (χ2n) is 8.84. The van der Waals surface area contributed by atoms with Crippen molar-refractivity contribution >= 4 is 34.6 Å². The number of para-hydroxylation sites is 1. The van der Waals surface area contributed by atoms with Crippen molar-refractivity contribution in [2.45, 2.75) is 26.4 Å². The molecule has 0 spiro atoms. The highest BCUT2D eigenvalue weighted by atomic mass is 35.5. The number of carbonyl (C=O) groups is 2. The van der Waals surface area contributed by atoms with Crippen LogP contribution in [-0.2, 0) is 4.74 Å². The van der Waals surface area contributed by atoms with Crippen molar-refractivity contribution < 1.29 is 19.1 Å². The van der Waals surface area contributed by atoms with E-state index in [-0.39, 0.29) is 17.2 Å². The molecule has 1 saturated heterocycles. The van der Waals surface area contributed by atoms with E-state index in [1.54, 1.807) is 33.7 Å². The summed E-state index contributed by atoms with van der Waals surface area (Å²) in [6.45, 7) is 7.02. The lowest BCUT2D eigenvalue weighted by molar-refractivity contribution is 0.0141. The number of pyridine rings is 1. The third-order valence-electron chi connectivity index (χ3n) is 5.41. The zero-order valence-corrected chi connectivity index (χ0v) is 19.9. The number of nitrogens with zero attached hydrogens (tertiary/aromatic N) is 4. The summed E-state index contributed by atoms with van der Waals surface area (Å²) in [5, 5.41) is 0.902. The van der Waals surface area contributed by atoms with E-state index in [2.05, 4.69) is 4.98 Å². The van der Waals surface area contributed by atoms with E-state index in [1.165, 1.54) is 0 Å². The first-order valence-corrected chi connectivity index (χ1v) is 11.1. The van der Waals surface area contributed by atoms with Gasteiger partial charge in [-0.25, -0.2) is 9.78 Å². The number of hydrogen-bond donors (Lipinski definition) is 0. The van der Waals surface area contributed by atoms with Crippen LogP contribution in [0.15, 0.2) is 42.6 Å². The van der Waals surface area contributed by atoms with Crippen molar-refractivity contribution in [2.24, 2.45) is 0 Å². The molecule has 1 fully saturated rings. The summed E-state index contributed by atoms with van der Waals surface area (Å²) in [6.07, 6.45) is 1.23. The van der Waals surface area contributed by atoms with Gasteiger partial charge in [-0.05, 0) is 39.0 Å². The first-order valence-electron chi connectivity index (χ1n) is 10.8. The Labute approximate surface area is 197 Å². The molecule has 2 amide bonds. The van der Waals surface area contributed by atoms with Gasteiger partial charge < -0.3 is 19.3 Å². The average Bonchev–Trinajstić information content (AvgIpc) is 3.09. The summed E-state index contributed by atoms with van der Waals surface area (Å²) in [5.41, 5.74) is 1.18. The fourth-order valence-corrected chi connectivity index (χ4v) is 4.18. The highest BCUT2D eigenvalue weighted by molar-refractivity contribution is 6.35. The number of hydrogen-bond acceptors (Lipinski definition) is 5. The van der Waals surface area contributed by atoms with Crippen LogP contribution in [0.3, 0.4) is 0 Å². The smallest absolute Gasteiger partial charge is 0.410 e. The van der Waals surface area contributed by atoms with E-state index in [9.17, 15) is 9.59 Å². The summed E-state index contributed by atoms with van der Waals surface area (Å²) >= 11 is 6.80. The van der Waals surface area contributed by atoms with Crippen LogP contribution in [0.2, 0.25) is 5.15 Å². The lowest BCUT2D eigenvalue weighted by Gasteiger charge is -2.35. The van der Waals surface area contributed by atoms with Gasteiger partial charge in [0.05, 0.1) is 18.9 Å². The summed E-state index contributed by atoms with van der Waals surface area (Å²) < 4.78 is 12.6. The molecule has 1 aromatic carbocycles. The first-order chi connectivity index (χ1) is 15.7. The lowest BCUT2D eigenvalue weighted by atomic mass is 10.1. The minimum Gasteiger partial charge on any atom is -0.495 e. The second-order valence-corrected chi connectivity index (χ2v) is 9.20. The highest BCUT2D eigenvalue weighted by Gasteiger charge is 2.31. The van der Waals surface area contributed by atoms with Crippen LogP contribution in [-0.4, -0.2) is 70.2 Å². The molecule has 9 heteroatoms. The highest BCUT2D eigenvalue weighted by Crippen LogP contribution is 2.35. The molecule has 0 saturated carbocycles. The molecule has 8 nitrogen and oxygen atoms in total. The molecule has 0 radical (unpaired) electrons.